The fourth-order valence-corrected chi connectivity index (χ4v) is 1.35. The van der Waals surface area contributed by atoms with Gasteiger partial charge in [-0.2, -0.15) is 5.10 Å². The molecule has 0 aliphatic rings. The highest BCUT2D eigenvalue weighted by molar-refractivity contribution is 6.17. The highest BCUT2D eigenvalue weighted by Crippen LogP contribution is 2.17. The van der Waals surface area contributed by atoms with Gasteiger partial charge in [-0.3, -0.25) is 5.10 Å². The molecule has 1 heterocycles. The van der Waals surface area contributed by atoms with Gasteiger partial charge in [0.15, 0.2) is 0 Å². The number of rotatable bonds is 1. The van der Waals surface area contributed by atoms with E-state index in [2.05, 4.69) is 10.2 Å². The van der Waals surface area contributed by atoms with Crippen molar-refractivity contribution in [3.63, 3.8) is 0 Å². The summed E-state index contributed by atoms with van der Waals surface area (Å²) in [7, 11) is 0. The lowest BCUT2D eigenvalue weighted by Gasteiger charge is -1.90. The summed E-state index contributed by atoms with van der Waals surface area (Å²) in [4.78, 5) is 0. The van der Waals surface area contributed by atoms with E-state index in [4.69, 9.17) is 11.6 Å². The molecule has 1 aromatic carbocycles. The monoisotopic (exact) mass is 184 g/mol. The smallest absolute Gasteiger partial charge is 0.125 e. The molecule has 12 heavy (non-hydrogen) atoms. The van der Waals surface area contributed by atoms with Crippen LogP contribution >= 0.6 is 11.6 Å². The molecular formula is C8H6ClFN2. The zero-order valence-electron chi connectivity index (χ0n) is 6.14. The molecule has 2 rings (SSSR count). The van der Waals surface area contributed by atoms with E-state index in [0.29, 0.717) is 11.4 Å². The van der Waals surface area contributed by atoms with E-state index in [9.17, 15) is 4.39 Å². The molecule has 0 spiro atoms. The van der Waals surface area contributed by atoms with Crippen molar-refractivity contribution >= 4 is 22.5 Å². The van der Waals surface area contributed by atoms with Gasteiger partial charge in [-0.15, -0.1) is 11.6 Å². The molecular weight excluding hydrogens is 179 g/mol. The van der Waals surface area contributed by atoms with Crippen LogP contribution in [0.25, 0.3) is 10.9 Å². The molecule has 1 N–H and O–H groups in total. The molecule has 0 aliphatic heterocycles. The summed E-state index contributed by atoms with van der Waals surface area (Å²) < 4.78 is 12.7. The zero-order valence-corrected chi connectivity index (χ0v) is 6.90. The second-order valence-electron chi connectivity index (χ2n) is 2.50. The van der Waals surface area contributed by atoms with E-state index in [1.807, 2.05) is 0 Å². The number of fused-ring (bicyclic) bond motifs is 1. The van der Waals surface area contributed by atoms with Crippen LogP contribution in [0.4, 0.5) is 4.39 Å². The lowest BCUT2D eigenvalue weighted by molar-refractivity contribution is 0.629. The lowest BCUT2D eigenvalue weighted by Crippen LogP contribution is -1.77. The van der Waals surface area contributed by atoms with Crippen LogP contribution in [0, 0.1) is 5.82 Å². The largest absolute Gasteiger partial charge is 0.280 e. The van der Waals surface area contributed by atoms with Crippen molar-refractivity contribution in [2.45, 2.75) is 5.88 Å². The van der Waals surface area contributed by atoms with E-state index in [0.717, 1.165) is 11.1 Å². The van der Waals surface area contributed by atoms with Crippen LogP contribution in [0.15, 0.2) is 18.2 Å². The van der Waals surface area contributed by atoms with E-state index in [1.165, 1.54) is 12.1 Å². The predicted octanol–water partition coefficient (Wildman–Crippen LogP) is 2.44. The first kappa shape index (κ1) is 7.55. The number of alkyl halides is 1. The van der Waals surface area contributed by atoms with Crippen molar-refractivity contribution in [2.75, 3.05) is 0 Å². The SMILES string of the molecule is Fc1ccc2c(CCl)[nH]nc2c1. The van der Waals surface area contributed by atoms with Gasteiger partial charge >= 0.3 is 0 Å². The number of nitrogens with one attached hydrogen (secondary N) is 1. The highest BCUT2D eigenvalue weighted by Gasteiger charge is 2.03. The minimum Gasteiger partial charge on any atom is -0.280 e. The Morgan fingerprint density at radius 2 is 2.33 bits per heavy atom. The number of halogens is 2. The summed E-state index contributed by atoms with van der Waals surface area (Å²) in [6, 6.07) is 4.45. The Balaban J connectivity index is 2.73. The molecule has 0 radical (unpaired) electrons. The first-order valence-corrected chi connectivity index (χ1v) is 4.03. The Kier molecular flexibility index (Phi) is 1.73. The van der Waals surface area contributed by atoms with Gasteiger partial charge in [0.1, 0.15) is 5.82 Å². The average molecular weight is 185 g/mol. The Bertz CT molecular complexity index is 410. The number of aromatic nitrogens is 2. The number of nitrogens with zero attached hydrogens (tertiary/aromatic N) is 1. The fourth-order valence-electron chi connectivity index (χ4n) is 1.14. The van der Waals surface area contributed by atoms with Crippen molar-refractivity contribution in [3.8, 4) is 0 Å². The maximum Gasteiger partial charge on any atom is 0.125 e. The molecule has 0 saturated heterocycles. The first-order valence-electron chi connectivity index (χ1n) is 3.50. The molecule has 0 fully saturated rings. The Labute approximate surface area is 73.3 Å². The molecule has 0 atom stereocenters. The minimum absolute atomic E-state index is 0.282. The van der Waals surface area contributed by atoms with Crippen LogP contribution in [-0.4, -0.2) is 10.2 Å². The van der Waals surface area contributed by atoms with Crippen LogP contribution in [0.2, 0.25) is 0 Å². The van der Waals surface area contributed by atoms with E-state index in [-0.39, 0.29) is 5.82 Å². The molecule has 0 bridgehead atoms. The normalized spacial score (nSPS) is 10.8. The maximum absolute atomic E-state index is 12.7. The van der Waals surface area contributed by atoms with Crippen molar-refractivity contribution in [2.24, 2.45) is 0 Å². The summed E-state index contributed by atoms with van der Waals surface area (Å²) in [6.07, 6.45) is 0. The standard InChI is InChI=1S/C8H6ClFN2/c9-4-8-6-2-1-5(10)3-7(6)11-12-8/h1-3H,4H2,(H,11,12). The van der Waals surface area contributed by atoms with E-state index >= 15 is 0 Å². The van der Waals surface area contributed by atoms with Gasteiger partial charge in [-0.05, 0) is 12.1 Å². The Hall–Kier alpha value is -1.09. The quantitative estimate of drug-likeness (QED) is 0.678. The number of benzene rings is 1. The summed E-state index contributed by atoms with van der Waals surface area (Å²) in [5, 5.41) is 7.52. The van der Waals surface area contributed by atoms with Crippen LogP contribution in [-0.2, 0) is 5.88 Å². The molecule has 62 valence electrons. The molecule has 4 heteroatoms. The zero-order chi connectivity index (χ0) is 8.55. The predicted molar refractivity (Wildman–Crippen MR) is 45.6 cm³/mol. The number of H-pyrrole nitrogens is 1. The van der Waals surface area contributed by atoms with Gasteiger partial charge in [-0.1, -0.05) is 0 Å². The van der Waals surface area contributed by atoms with Crippen molar-refractivity contribution in [1.29, 1.82) is 0 Å². The lowest BCUT2D eigenvalue weighted by atomic mass is 10.2. The maximum atomic E-state index is 12.7. The molecule has 1 aromatic heterocycles. The van der Waals surface area contributed by atoms with Gasteiger partial charge in [0.05, 0.1) is 17.1 Å². The molecule has 0 unspecified atom stereocenters. The molecule has 2 aromatic rings. The highest BCUT2D eigenvalue weighted by atomic mass is 35.5. The van der Waals surface area contributed by atoms with Gasteiger partial charge in [0.25, 0.3) is 0 Å². The third kappa shape index (κ3) is 1.06. The summed E-state index contributed by atoms with van der Waals surface area (Å²) in [5.74, 6) is 0.0809. The molecule has 0 aliphatic carbocycles. The third-order valence-electron chi connectivity index (χ3n) is 1.73. The minimum atomic E-state index is -0.282. The average Bonchev–Trinajstić information content (AvgIpc) is 2.46. The number of hydrogen-bond acceptors (Lipinski definition) is 1. The van der Waals surface area contributed by atoms with Crippen LogP contribution in [0.5, 0.6) is 0 Å². The van der Waals surface area contributed by atoms with E-state index < -0.39 is 0 Å². The van der Waals surface area contributed by atoms with Gasteiger partial charge < -0.3 is 0 Å². The van der Waals surface area contributed by atoms with Crippen molar-refractivity contribution in [1.82, 2.24) is 10.2 Å². The van der Waals surface area contributed by atoms with Gasteiger partial charge in [0.2, 0.25) is 0 Å². The van der Waals surface area contributed by atoms with Crippen molar-refractivity contribution in [3.05, 3.63) is 29.7 Å². The second kappa shape index (κ2) is 2.75. The fraction of sp³-hybridized carbons (Fsp3) is 0.125. The van der Waals surface area contributed by atoms with Crippen LogP contribution < -0.4 is 0 Å². The van der Waals surface area contributed by atoms with Gasteiger partial charge in [-0.25, -0.2) is 4.39 Å². The van der Waals surface area contributed by atoms with Gasteiger partial charge in [0, 0.05) is 11.5 Å². The first-order chi connectivity index (χ1) is 5.81. The molecule has 0 saturated carbocycles. The van der Waals surface area contributed by atoms with Crippen molar-refractivity contribution < 1.29 is 4.39 Å². The van der Waals surface area contributed by atoms with E-state index in [1.54, 1.807) is 6.07 Å². The number of hydrogen-bond donors (Lipinski definition) is 1. The second-order valence-corrected chi connectivity index (χ2v) is 2.76. The Morgan fingerprint density at radius 3 is 3.08 bits per heavy atom. The summed E-state index contributed by atoms with van der Waals surface area (Å²) >= 11 is 5.62. The summed E-state index contributed by atoms with van der Waals surface area (Å²) in [6.45, 7) is 0. The number of aromatic amines is 1. The topological polar surface area (TPSA) is 28.7 Å². The Morgan fingerprint density at radius 1 is 1.50 bits per heavy atom. The summed E-state index contributed by atoms with van der Waals surface area (Å²) in [5.41, 5.74) is 1.44. The van der Waals surface area contributed by atoms with Crippen LogP contribution in [0.1, 0.15) is 5.69 Å². The third-order valence-corrected chi connectivity index (χ3v) is 2.00. The molecule has 0 amide bonds. The van der Waals surface area contributed by atoms with Crippen LogP contribution in [0.3, 0.4) is 0 Å². The molecule has 2 nitrogen and oxygen atoms in total.